The fraction of sp³-hybridized carbons (Fsp3) is 0.194. The zero-order valence-corrected chi connectivity index (χ0v) is 26.1. The van der Waals surface area contributed by atoms with E-state index < -0.39 is 10.1 Å². The van der Waals surface area contributed by atoms with Crippen LogP contribution in [0.4, 0.5) is 0 Å². The lowest BCUT2D eigenvalue weighted by molar-refractivity contribution is 0.00209. The van der Waals surface area contributed by atoms with Crippen LogP contribution in [0.25, 0.3) is 32.9 Å². The van der Waals surface area contributed by atoms with Crippen LogP contribution >= 0.6 is 0 Å². The van der Waals surface area contributed by atoms with Crippen LogP contribution in [-0.2, 0) is 21.3 Å². The van der Waals surface area contributed by atoms with Gasteiger partial charge in [0.25, 0.3) is 10.1 Å². The molecule has 0 atom stereocenters. The van der Waals surface area contributed by atoms with Crippen molar-refractivity contribution >= 4 is 31.9 Å². The van der Waals surface area contributed by atoms with Gasteiger partial charge >= 0.3 is 0 Å². The molecule has 0 N–H and O–H groups in total. The molecule has 0 radical (unpaired) electrons. The van der Waals surface area contributed by atoms with Gasteiger partial charge in [-0.15, -0.1) is 0 Å². The molecule has 46 heavy (non-hydrogen) atoms. The number of hydrogen-bond acceptors (Lipinski definition) is 8. The first-order valence-electron chi connectivity index (χ1n) is 14.9. The van der Waals surface area contributed by atoms with Crippen molar-refractivity contribution in [2.45, 2.75) is 36.9 Å². The van der Waals surface area contributed by atoms with Gasteiger partial charge in [-0.1, -0.05) is 35.7 Å². The minimum absolute atomic E-state index is 0.0196. The van der Waals surface area contributed by atoms with Crippen LogP contribution in [-0.4, -0.2) is 46.8 Å². The SMILES string of the molecule is Cc1ccc(S(=O)(=O)OCC#Cc2ccc(O[C@H]3C[C@H](Oc4ccc(-c5ccc6c7cnccc7n(C)c6c5)cn4)C3)cn2)cc1. The molecule has 2 aromatic carbocycles. The zero-order valence-electron chi connectivity index (χ0n) is 25.3. The second-order valence-corrected chi connectivity index (χ2v) is 12.8. The van der Waals surface area contributed by atoms with Crippen LogP contribution in [0.1, 0.15) is 24.1 Å². The molecular weight excluding hydrogens is 600 g/mol. The van der Waals surface area contributed by atoms with Crippen molar-refractivity contribution in [1.82, 2.24) is 19.5 Å². The normalized spacial score (nSPS) is 16.0. The Balaban J connectivity index is 0.884. The van der Waals surface area contributed by atoms with Gasteiger partial charge in [-0.05, 0) is 60.9 Å². The number of rotatable bonds is 8. The number of fused-ring (bicyclic) bond motifs is 3. The van der Waals surface area contributed by atoms with Crippen LogP contribution in [0.2, 0.25) is 0 Å². The summed E-state index contributed by atoms with van der Waals surface area (Å²) in [6, 6.07) is 22.4. The van der Waals surface area contributed by atoms with E-state index in [-0.39, 0.29) is 23.7 Å². The first kappa shape index (κ1) is 29.5. The quantitative estimate of drug-likeness (QED) is 0.144. The first-order valence-corrected chi connectivity index (χ1v) is 16.3. The van der Waals surface area contributed by atoms with E-state index in [0.717, 1.165) is 46.0 Å². The Bertz CT molecular complexity index is 2200. The molecule has 230 valence electrons. The minimum atomic E-state index is -3.86. The van der Waals surface area contributed by atoms with Crippen LogP contribution in [0.5, 0.6) is 11.6 Å². The molecule has 0 aliphatic heterocycles. The minimum Gasteiger partial charge on any atom is -0.489 e. The Kier molecular flexibility index (Phi) is 7.86. The molecule has 10 heteroatoms. The number of benzene rings is 2. The lowest BCUT2D eigenvalue weighted by atomic mass is 9.92. The van der Waals surface area contributed by atoms with Gasteiger partial charge in [0.1, 0.15) is 30.3 Å². The first-order chi connectivity index (χ1) is 22.3. The number of nitrogens with zero attached hydrogens (tertiary/aromatic N) is 4. The largest absolute Gasteiger partial charge is 0.489 e. The number of aryl methyl sites for hydroxylation is 2. The summed E-state index contributed by atoms with van der Waals surface area (Å²) in [4.78, 5) is 13.2. The molecule has 1 saturated carbocycles. The van der Waals surface area contributed by atoms with E-state index in [1.54, 1.807) is 30.5 Å². The van der Waals surface area contributed by atoms with E-state index in [0.29, 0.717) is 17.3 Å². The molecule has 1 aliphatic carbocycles. The maximum Gasteiger partial charge on any atom is 0.297 e. The maximum atomic E-state index is 12.3. The second kappa shape index (κ2) is 12.3. The molecule has 0 spiro atoms. The molecule has 1 aliphatic rings. The van der Waals surface area contributed by atoms with E-state index in [4.69, 9.17) is 13.7 Å². The average Bonchev–Trinajstić information content (AvgIpc) is 3.34. The highest BCUT2D eigenvalue weighted by atomic mass is 32.2. The summed E-state index contributed by atoms with van der Waals surface area (Å²) < 4.78 is 43.8. The Morgan fingerprint density at radius 2 is 1.63 bits per heavy atom. The Labute approximate surface area is 266 Å². The van der Waals surface area contributed by atoms with E-state index >= 15 is 0 Å². The standard InChI is InChI=1S/C36H30N4O5S/c1-24-5-11-31(12-6-24)46(41,42)43-17-3-4-27-9-10-28(22-38-27)44-29-19-30(20-29)45-36-14-8-26(21-39-36)25-7-13-32-33-23-37-16-15-34(33)40(2)35(32)18-25/h5-16,18,21-23,29-30H,17,19-20H2,1-2H3/t29-,30-. The highest BCUT2D eigenvalue weighted by Crippen LogP contribution is 2.33. The average molecular weight is 631 g/mol. The van der Waals surface area contributed by atoms with Crippen molar-refractivity contribution in [3.8, 4) is 34.6 Å². The molecule has 0 bridgehead atoms. The predicted octanol–water partition coefficient (Wildman–Crippen LogP) is 6.24. The molecule has 6 aromatic rings. The van der Waals surface area contributed by atoms with Crippen LogP contribution in [0, 0.1) is 18.8 Å². The Morgan fingerprint density at radius 1 is 0.826 bits per heavy atom. The summed E-state index contributed by atoms with van der Waals surface area (Å²) in [5.74, 6) is 6.73. The van der Waals surface area contributed by atoms with Gasteiger partial charge in [0, 0.05) is 66.4 Å². The third-order valence-corrected chi connectivity index (χ3v) is 9.35. The van der Waals surface area contributed by atoms with Crippen molar-refractivity contribution in [3.63, 3.8) is 0 Å². The summed E-state index contributed by atoms with van der Waals surface area (Å²) in [7, 11) is -1.78. The van der Waals surface area contributed by atoms with E-state index in [1.807, 2.05) is 43.7 Å². The van der Waals surface area contributed by atoms with Crippen LogP contribution < -0.4 is 9.47 Å². The highest BCUT2D eigenvalue weighted by molar-refractivity contribution is 7.86. The summed E-state index contributed by atoms with van der Waals surface area (Å²) >= 11 is 0. The number of hydrogen-bond donors (Lipinski definition) is 0. The number of aromatic nitrogens is 4. The zero-order chi connectivity index (χ0) is 31.7. The molecule has 0 amide bonds. The van der Waals surface area contributed by atoms with Crippen molar-refractivity contribution < 1.29 is 22.1 Å². The van der Waals surface area contributed by atoms with Crippen molar-refractivity contribution in [1.29, 1.82) is 0 Å². The molecule has 4 heterocycles. The monoisotopic (exact) mass is 630 g/mol. The molecule has 0 saturated heterocycles. The Morgan fingerprint density at radius 3 is 2.39 bits per heavy atom. The molecule has 4 aromatic heterocycles. The lowest BCUT2D eigenvalue weighted by Crippen LogP contribution is -2.41. The maximum absolute atomic E-state index is 12.3. The fourth-order valence-electron chi connectivity index (χ4n) is 5.46. The number of ether oxygens (including phenoxy) is 2. The van der Waals surface area contributed by atoms with E-state index in [2.05, 4.69) is 56.6 Å². The second-order valence-electron chi connectivity index (χ2n) is 11.2. The van der Waals surface area contributed by atoms with Gasteiger partial charge in [-0.25, -0.2) is 9.97 Å². The summed E-state index contributed by atoms with van der Waals surface area (Å²) in [5, 5.41) is 2.32. The fourth-order valence-corrected chi connectivity index (χ4v) is 6.28. The van der Waals surface area contributed by atoms with Crippen molar-refractivity contribution in [2.75, 3.05) is 6.61 Å². The number of pyridine rings is 3. The predicted molar refractivity (Wildman–Crippen MR) is 175 cm³/mol. The summed E-state index contributed by atoms with van der Waals surface area (Å²) in [6.45, 7) is 1.62. The summed E-state index contributed by atoms with van der Waals surface area (Å²) in [5.41, 5.74) is 5.87. The van der Waals surface area contributed by atoms with Crippen LogP contribution in [0.15, 0.2) is 102 Å². The smallest absolute Gasteiger partial charge is 0.297 e. The van der Waals surface area contributed by atoms with E-state index in [1.165, 1.54) is 17.5 Å². The molecule has 1 fully saturated rings. The molecule has 7 rings (SSSR count). The van der Waals surface area contributed by atoms with Gasteiger partial charge in [-0.2, -0.15) is 8.42 Å². The van der Waals surface area contributed by atoms with Crippen LogP contribution in [0.3, 0.4) is 0 Å². The van der Waals surface area contributed by atoms with Gasteiger partial charge in [0.15, 0.2) is 0 Å². The molecule has 9 nitrogen and oxygen atoms in total. The molecular formula is C36H30N4O5S. The van der Waals surface area contributed by atoms with Gasteiger partial charge in [-0.3, -0.25) is 9.17 Å². The van der Waals surface area contributed by atoms with E-state index in [9.17, 15) is 8.42 Å². The lowest BCUT2D eigenvalue weighted by Gasteiger charge is -2.34. The third kappa shape index (κ3) is 6.15. The van der Waals surface area contributed by atoms with Crippen molar-refractivity contribution in [2.24, 2.45) is 7.05 Å². The topological polar surface area (TPSA) is 105 Å². The summed E-state index contributed by atoms with van der Waals surface area (Å²) in [6.07, 6.45) is 8.71. The highest BCUT2D eigenvalue weighted by Gasteiger charge is 2.33. The van der Waals surface area contributed by atoms with Crippen molar-refractivity contribution in [3.05, 3.63) is 109 Å². The van der Waals surface area contributed by atoms with Gasteiger partial charge in [0.2, 0.25) is 5.88 Å². The Hall–Kier alpha value is -5.24. The third-order valence-electron chi connectivity index (χ3n) is 8.07. The van der Waals surface area contributed by atoms with Gasteiger partial charge in [0.05, 0.1) is 16.6 Å². The van der Waals surface area contributed by atoms with Gasteiger partial charge < -0.3 is 14.0 Å². The molecule has 0 unspecified atom stereocenters.